The molecule has 1 aromatic heterocycles. The van der Waals surface area contributed by atoms with Gasteiger partial charge >= 0.3 is 0 Å². The molecule has 1 aliphatic heterocycles. The lowest BCUT2D eigenvalue weighted by atomic mass is 10.1. The first-order valence-electron chi connectivity index (χ1n) is 8.29. The number of benzene rings is 1. The molecule has 0 unspecified atom stereocenters. The van der Waals surface area contributed by atoms with E-state index in [9.17, 15) is 9.59 Å². The fourth-order valence-electron chi connectivity index (χ4n) is 2.86. The quantitative estimate of drug-likeness (QED) is 0.848. The topological polar surface area (TPSA) is 49.9 Å². The number of nitrogens with zero attached hydrogens (tertiary/aromatic N) is 2. The van der Waals surface area contributed by atoms with Crippen molar-refractivity contribution in [1.29, 1.82) is 0 Å². The van der Waals surface area contributed by atoms with E-state index in [1.54, 1.807) is 36.3 Å². The highest BCUT2D eigenvalue weighted by atomic mass is 32.1. The summed E-state index contributed by atoms with van der Waals surface area (Å²) in [4.78, 5) is 30.8. The Morgan fingerprint density at radius 3 is 2.00 bits per heavy atom. The van der Waals surface area contributed by atoms with E-state index in [2.05, 4.69) is 0 Å². The van der Waals surface area contributed by atoms with Crippen molar-refractivity contribution in [3.8, 4) is 5.75 Å². The molecule has 25 heavy (non-hydrogen) atoms. The molecular weight excluding hydrogens is 336 g/mol. The van der Waals surface area contributed by atoms with E-state index >= 15 is 0 Å². The van der Waals surface area contributed by atoms with Crippen molar-refractivity contribution in [3.05, 3.63) is 51.2 Å². The summed E-state index contributed by atoms with van der Waals surface area (Å²) in [5, 5.41) is 0. The minimum absolute atomic E-state index is 0.00226. The van der Waals surface area contributed by atoms with E-state index in [-0.39, 0.29) is 11.8 Å². The lowest BCUT2D eigenvalue weighted by Crippen LogP contribution is -2.50. The second-order valence-electron chi connectivity index (χ2n) is 6.16. The molecule has 0 saturated carbocycles. The minimum atomic E-state index is -0.00226. The lowest BCUT2D eigenvalue weighted by molar-refractivity contribution is 0.0538. The second kappa shape index (κ2) is 7.27. The number of piperazine rings is 1. The molecule has 132 valence electrons. The summed E-state index contributed by atoms with van der Waals surface area (Å²) in [6.45, 7) is 6.30. The summed E-state index contributed by atoms with van der Waals surface area (Å²) >= 11 is 1.54. The summed E-state index contributed by atoms with van der Waals surface area (Å²) in [5.41, 5.74) is 1.80. The van der Waals surface area contributed by atoms with Crippen LogP contribution in [0.25, 0.3) is 0 Å². The number of hydrogen-bond acceptors (Lipinski definition) is 4. The standard InChI is InChI=1S/C19H22N2O3S/c1-13-12-17(25-14(13)2)19(23)21-10-8-20(9-11-21)18(22)15-4-6-16(24-3)7-5-15/h4-7,12H,8-11H2,1-3H3. The van der Waals surface area contributed by atoms with Gasteiger partial charge in [0.1, 0.15) is 5.75 Å². The number of carbonyl (C=O) groups excluding carboxylic acids is 2. The largest absolute Gasteiger partial charge is 0.497 e. The average molecular weight is 358 g/mol. The maximum atomic E-state index is 12.6. The van der Waals surface area contributed by atoms with Crippen LogP contribution in [-0.2, 0) is 0 Å². The van der Waals surface area contributed by atoms with Crippen molar-refractivity contribution < 1.29 is 14.3 Å². The Morgan fingerprint density at radius 1 is 0.960 bits per heavy atom. The van der Waals surface area contributed by atoms with Crippen LogP contribution in [0.1, 0.15) is 30.5 Å². The SMILES string of the molecule is COc1ccc(C(=O)N2CCN(C(=O)c3cc(C)c(C)s3)CC2)cc1. The monoisotopic (exact) mass is 358 g/mol. The fraction of sp³-hybridized carbons (Fsp3) is 0.368. The lowest BCUT2D eigenvalue weighted by Gasteiger charge is -2.34. The Hall–Kier alpha value is -2.34. The van der Waals surface area contributed by atoms with Crippen LogP contribution in [0.3, 0.4) is 0 Å². The zero-order valence-corrected chi connectivity index (χ0v) is 15.6. The number of aryl methyl sites for hydroxylation is 2. The third-order valence-electron chi connectivity index (χ3n) is 4.57. The van der Waals surface area contributed by atoms with Gasteiger partial charge in [-0.2, -0.15) is 0 Å². The Labute approximate surface area is 151 Å². The third kappa shape index (κ3) is 3.69. The molecule has 1 aromatic carbocycles. The molecule has 1 aliphatic rings. The van der Waals surface area contributed by atoms with Gasteiger partial charge in [-0.1, -0.05) is 0 Å². The van der Waals surface area contributed by atoms with Gasteiger partial charge < -0.3 is 14.5 Å². The fourth-order valence-corrected chi connectivity index (χ4v) is 3.87. The molecule has 1 saturated heterocycles. The molecule has 0 N–H and O–H groups in total. The molecule has 6 heteroatoms. The summed E-state index contributed by atoms with van der Waals surface area (Å²) < 4.78 is 5.12. The molecule has 2 heterocycles. The van der Waals surface area contributed by atoms with Gasteiger partial charge in [0.05, 0.1) is 12.0 Å². The molecule has 5 nitrogen and oxygen atoms in total. The molecule has 2 aromatic rings. The second-order valence-corrected chi connectivity index (χ2v) is 7.42. The summed E-state index contributed by atoms with van der Waals surface area (Å²) in [6, 6.07) is 9.08. The smallest absolute Gasteiger partial charge is 0.264 e. The maximum absolute atomic E-state index is 12.6. The molecule has 0 atom stereocenters. The number of rotatable bonds is 3. The third-order valence-corrected chi connectivity index (χ3v) is 5.71. The number of methoxy groups -OCH3 is 1. The Balaban J connectivity index is 1.60. The van der Waals surface area contributed by atoms with E-state index in [0.717, 1.165) is 16.2 Å². The summed E-state index contributed by atoms with van der Waals surface area (Å²) in [5.74, 6) is 0.795. The normalized spacial score (nSPS) is 14.5. The first-order chi connectivity index (χ1) is 12.0. The molecule has 0 radical (unpaired) electrons. The van der Waals surface area contributed by atoms with Crippen LogP contribution in [-0.4, -0.2) is 54.9 Å². The van der Waals surface area contributed by atoms with Gasteiger partial charge in [-0.05, 0) is 49.7 Å². The van der Waals surface area contributed by atoms with Crippen molar-refractivity contribution in [3.63, 3.8) is 0 Å². The van der Waals surface area contributed by atoms with Gasteiger partial charge in [0.25, 0.3) is 11.8 Å². The van der Waals surface area contributed by atoms with Crippen molar-refractivity contribution in [2.24, 2.45) is 0 Å². The van der Waals surface area contributed by atoms with Crippen LogP contribution >= 0.6 is 11.3 Å². The predicted molar refractivity (Wildman–Crippen MR) is 98.6 cm³/mol. The van der Waals surface area contributed by atoms with Crippen LogP contribution < -0.4 is 4.74 Å². The number of ether oxygens (including phenoxy) is 1. The molecule has 0 aliphatic carbocycles. The Bertz CT molecular complexity index is 755. The van der Waals surface area contributed by atoms with Gasteiger partial charge in [-0.15, -0.1) is 11.3 Å². The van der Waals surface area contributed by atoms with E-state index in [1.807, 2.05) is 24.8 Å². The van der Waals surface area contributed by atoms with Gasteiger partial charge in [0, 0.05) is 36.6 Å². The highest BCUT2D eigenvalue weighted by Gasteiger charge is 2.26. The van der Waals surface area contributed by atoms with E-state index in [4.69, 9.17) is 4.74 Å². The van der Waals surface area contributed by atoms with Gasteiger partial charge in [0.15, 0.2) is 0 Å². The van der Waals surface area contributed by atoms with Crippen LogP contribution in [0.2, 0.25) is 0 Å². The summed E-state index contributed by atoms with van der Waals surface area (Å²) in [7, 11) is 1.60. The van der Waals surface area contributed by atoms with Gasteiger partial charge in [-0.3, -0.25) is 9.59 Å². The van der Waals surface area contributed by atoms with E-state index in [0.29, 0.717) is 31.7 Å². The number of carbonyl (C=O) groups is 2. The van der Waals surface area contributed by atoms with Crippen LogP contribution in [0.5, 0.6) is 5.75 Å². The molecule has 1 fully saturated rings. The Kier molecular flexibility index (Phi) is 5.08. The zero-order chi connectivity index (χ0) is 18.0. The zero-order valence-electron chi connectivity index (χ0n) is 14.7. The highest BCUT2D eigenvalue weighted by molar-refractivity contribution is 7.14. The minimum Gasteiger partial charge on any atom is -0.497 e. The number of thiophene rings is 1. The number of amides is 2. The molecule has 3 rings (SSSR count). The number of hydrogen-bond donors (Lipinski definition) is 0. The summed E-state index contributed by atoms with van der Waals surface area (Å²) in [6.07, 6.45) is 0. The van der Waals surface area contributed by atoms with Gasteiger partial charge in [-0.25, -0.2) is 0 Å². The Morgan fingerprint density at radius 2 is 1.52 bits per heavy atom. The first-order valence-corrected chi connectivity index (χ1v) is 9.11. The van der Waals surface area contributed by atoms with E-state index in [1.165, 1.54) is 16.2 Å². The first kappa shape index (κ1) is 17.5. The molecular formula is C19H22N2O3S. The molecule has 0 bridgehead atoms. The van der Waals surface area contributed by atoms with Crippen molar-refractivity contribution in [2.75, 3.05) is 33.3 Å². The van der Waals surface area contributed by atoms with Crippen LogP contribution in [0.4, 0.5) is 0 Å². The van der Waals surface area contributed by atoms with Gasteiger partial charge in [0.2, 0.25) is 0 Å². The van der Waals surface area contributed by atoms with Crippen molar-refractivity contribution >= 4 is 23.2 Å². The van der Waals surface area contributed by atoms with E-state index < -0.39 is 0 Å². The van der Waals surface area contributed by atoms with Crippen molar-refractivity contribution in [2.45, 2.75) is 13.8 Å². The highest BCUT2D eigenvalue weighted by Crippen LogP contribution is 2.23. The predicted octanol–water partition coefficient (Wildman–Crippen LogP) is 2.97. The average Bonchev–Trinajstić information content (AvgIpc) is 2.99. The molecule has 2 amide bonds. The van der Waals surface area contributed by atoms with Crippen LogP contribution in [0.15, 0.2) is 30.3 Å². The molecule has 0 spiro atoms. The maximum Gasteiger partial charge on any atom is 0.264 e. The van der Waals surface area contributed by atoms with Crippen LogP contribution in [0, 0.1) is 13.8 Å². The van der Waals surface area contributed by atoms with Crippen molar-refractivity contribution in [1.82, 2.24) is 9.80 Å².